The minimum atomic E-state index is -0.419. The van der Waals surface area contributed by atoms with Gasteiger partial charge in [0, 0.05) is 24.0 Å². The van der Waals surface area contributed by atoms with E-state index in [1.165, 1.54) is 5.57 Å². The van der Waals surface area contributed by atoms with Gasteiger partial charge in [0.2, 0.25) is 0 Å². The highest BCUT2D eigenvalue weighted by molar-refractivity contribution is 5.70. The van der Waals surface area contributed by atoms with E-state index in [1.54, 1.807) is 6.08 Å². The number of likely N-dealkylation sites (tertiary alicyclic amines) is 1. The van der Waals surface area contributed by atoms with Crippen LogP contribution in [0.1, 0.15) is 46.5 Å². The smallest absolute Gasteiger partial charge is 0.307 e. The third-order valence-electron chi connectivity index (χ3n) is 5.15. The van der Waals surface area contributed by atoms with Crippen LogP contribution in [-0.4, -0.2) is 47.8 Å². The van der Waals surface area contributed by atoms with Crippen molar-refractivity contribution in [2.24, 2.45) is 5.41 Å². The Labute approximate surface area is 150 Å². The Kier molecular flexibility index (Phi) is 4.96. The molecule has 0 amide bonds. The average Bonchev–Trinajstić information content (AvgIpc) is 2.73. The van der Waals surface area contributed by atoms with Gasteiger partial charge in [-0.25, -0.2) is 0 Å². The van der Waals surface area contributed by atoms with E-state index in [0.717, 1.165) is 44.8 Å². The molecule has 2 aliphatic heterocycles. The molecule has 0 saturated carbocycles. The predicted octanol–water partition coefficient (Wildman–Crippen LogP) is 3.49. The van der Waals surface area contributed by atoms with Gasteiger partial charge in [0.05, 0.1) is 18.8 Å². The number of aliphatic hydroxyl groups is 1. The van der Waals surface area contributed by atoms with Gasteiger partial charge in [0.1, 0.15) is 11.4 Å². The largest absolute Gasteiger partial charge is 0.512 e. The first-order chi connectivity index (χ1) is 11.8. The number of carbonyl (C=O) groups excluding carboxylic acids is 1. The van der Waals surface area contributed by atoms with Gasteiger partial charge in [0.15, 0.2) is 0 Å². The summed E-state index contributed by atoms with van der Waals surface area (Å²) in [4.78, 5) is 14.2. The fourth-order valence-electron chi connectivity index (χ4n) is 3.77. The molecule has 0 aromatic heterocycles. The summed E-state index contributed by atoms with van der Waals surface area (Å²) in [6.07, 6.45) is 8.80. The van der Waals surface area contributed by atoms with Crippen molar-refractivity contribution in [2.45, 2.75) is 52.1 Å². The Bertz CT molecular complexity index is 616. The van der Waals surface area contributed by atoms with Crippen LogP contribution in [0.3, 0.4) is 0 Å². The molecule has 2 fully saturated rings. The zero-order chi connectivity index (χ0) is 18.1. The molecule has 3 aliphatic rings. The molecule has 5 nitrogen and oxygen atoms in total. The molecular weight excluding hydrogens is 318 g/mol. The summed E-state index contributed by atoms with van der Waals surface area (Å²) in [5.41, 5.74) is 0.858. The number of hydrogen-bond acceptors (Lipinski definition) is 5. The molecule has 1 spiro atoms. The maximum Gasteiger partial charge on any atom is 0.307 e. The number of carbonyl (C=O) groups is 1. The SMILES string of the molecule is CC(C)(C)OC(=O)CCN1CCC2(CC1)COC1=CCC(O)=CC=C12. The van der Waals surface area contributed by atoms with Crippen LogP contribution in [0.15, 0.2) is 35.3 Å². The Morgan fingerprint density at radius 1 is 1.32 bits per heavy atom. The Balaban J connectivity index is 1.55. The van der Waals surface area contributed by atoms with Gasteiger partial charge in [-0.2, -0.15) is 0 Å². The maximum atomic E-state index is 11.9. The minimum absolute atomic E-state index is 0.0510. The second-order valence-corrected chi connectivity index (χ2v) is 8.26. The number of esters is 1. The number of fused-ring (bicyclic) bond motifs is 2. The van der Waals surface area contributed by atoms with E-state index in [0.29, 0.717) is 18.6 Å². The van der Waals surface area contributed by atoms with Gasteiger partial charge in [-0.3, -0.25) is 4.79 Å². The van der Waals surface area contributed by atoms with Gasteiger partial charge < -0.3 is 19.5 Å². The Morgan fingerprint density at radius 3 is 2.72 bits per heavy atom. The van der Waals surface area contributed by atoms with Crippen molar-refractivity contribution < 1.29 is 19.4 Å². The van der Waals surface area contributed by atoms with Crippen molar-refractivity contribution >= 4 is 5.97 Å². The molecule has 1 aliphatic carbocycles. The fourth-order valence-corrected chi connectivity index (χ4v) is 3.77. The lowest BCUT2D eigenvalue weighted by atomic mass is 9.73. The van der Waals surface area contributed by atoms with Gasteiger partial charge >= 0.3 is 5.97 Å². The summed E-state index contributed by atoms with van der Waals surface area (Å²) in [6, 6.07) is 0. The van der Waals surface area contributed by atoms with E-state index in [1.807, 2.05) is 32.9 Å². The maximum absolute atomic E-state index is 11.9. The molecule has 0 bridgehead atoms. The third-order valence-corrected chi connectivity index (χ3v) is 5.15. The highest BCUT2D eigenvalue weighted by Gasteiger charge is 2.45. The zero-order valence-corrected chi connectivity index (χ0v) is 15.5. The molecule has 0 aromatic rings. The van der Waals surface area contributed by atoms with Crippen LogP contribution in [0, 0.1) is 5.41 Å². The first-order valence-corrected chi connectivity index (χ1v) is 9.15. The number of ether oxygens (including phenoxy) is 2. The van der Waals surface area contributed by atoms with E-state index in [9.17, 15) is 9.90 Å². The van der Waals surface area contributed by atoms with Crippen molar-refractivity contribution in [1.82, 2.24) is 4.90 Å². The summed E-state index contributed by atoms with van der Waals surface area (Å²) in [7, 11) is 0. The van der Waals surface area contributed by atoms with E-state index in [4.69, 9.17) is 9.47 Å². The highest BCUT2D eigenvalue weighted by Crippen LogP contribution is 2.48. The van der Waals surface area contributed by atoms with E-state index in [2.05, 4.69) is 4.90 Å². The monoisotopic (exact) mass is 347 g/mol. The zero-order valence-electron chi connectivity index (χ0n) is 15.5. The molecule has 2 heterocycles. The number of hydrogen-bond donors (Lipinski definition) is 1. The van der Waals surface area contributed by atoms with Crippen LogP contribution in [-0.2, 0) is 14.3 Å². The van der Waals surface area contributed by atoms with Crippen LogP contribution >= 0.6 is 0 Å². The van der Waals surface area contributed by atoms with E-state index < -0.39 is 5.60 Å². The summed E-state index contributed by atoms with van der Waals surface area (Å²) in [5.74, 6) is 1.18. The standard InChI is InChI=1S/C20H29NO4/c1-19(2,3)25-18(23)8-11-21-12-9-20(10-13-21)14-24-17-7-5-15(22)4-6-16(17)20/h4,6-7,22H,5,8-14H2,1-3H3. The lowest BCUT2D eigenvalue weighted by molar-refractivity contribution is -0.155. The van der Waals surface area contributed by atoms with Crippen molar-refractivity contribution in [3.05, 3.63) is 35.3 Å². The van der Waals surface area contributed by atoms with Gasteiger partial charge in [-0.05, 0) is 58.9 Å². The normalized spacial score (nSPS) is 23.1. The van der Waals surface area contributed by atoms with Gasteiger partial charge in [-0.15, -0.1) is 0 Å². The van der Waals surface area contributed by atoms with Crippen LogP contribution in [0.2, 0.25) is 0 Å². The summed E-state index contributed by atoms with van der Waals surface area (Å²) in [6.45, 7) is 9.06. The van der Waals surface area contributed by atoms with Gasteiger partial charge in [-0.1, -0.05) is 6.08 Å². The number of rotatable bonds is 3. The van der Waals surface area contributed by atoms with Crippen LogP contribution < -0.4 is 0 Å². The molecule has 0 aromatic carbocycles. The Hall–Kier alpha value is -1.75. The highest BCUT2D eigenvalue weighted by atomic mass is 16.6. The van der Waals surface area contributed by atoms with Gasteiger partial charge in [0.25, 0.3) is 0 Å². The molecular formula is C20H29NO4. The first kappa shape index (κ1) is 18.1. The average molecular weight is 347 g/mol. The van der Waals surface area contributed by atoms with Crippen LogP contribution in [0.4, 0.5) is 0 Å². The molecule has 0 unspecified atom stereocenters. The summed E-state index contributed by atoms with van der Waals surface area (Å²) < 4.78 is 11.3. The molecule has 0 atom stereocenters. The first-order valence-electron chi connectivity index (χ1n) is 9.15. The molecule has 25 heavy (non-hydrogen) atoms. The summed E-state index contributed by atoms with van der Waals surface area (Å²) in [5, 5.41) is 9.74. The molecule has 2 saturated heterocycles. The van der Waals surface area contributed by atoms with Crippen LogP contribution in [0.5, 0.6) is 0 Å². The van der Waals surface area contributed by atoms with Crippen molar-refractivity contribution in [2.75, 3.05) is 26.2 Å². The lowest BCUT2D eigenvalue weighted by Gasteiger charge is -2.38. The number of allylic oxidation sites excluding steroid dienone is 4. The van der Waals surface area contributed by atoms with Crippen LogP contribution in [0.25, 0.3) is 0 Å². The molecule has 5 heteroatoms. The van der Waals surface area contributed by atoms with E-state index >= 15 is 0 Å². The second-order valence-electron chi connectivity index (χ2n) is 8.26. The van der Waals surface area contributed by atoms with E-state index in [-0.39, 0.29) is 11.4 Å². The minimum Gasteiger partial charge on any atom is -0.512 e. The third kappa shape index (κ3) is 4.27. The topological polar surface area (TPSA) is 59.0 Å². The molecule has 0 radical (unpaired) electrons. The molecule has 3 rings (SSSR count). The van der Waals surface area contributed by atoms with Crippen molar-refractivity contribution in [1.29, 1.82) is 0 Å². The number of nitrogens with zero attached hydrogens (tertiary/aromatic N) is 1. The fraction of sp³-hybridized carbons (Fsp3) is 0.650. The molecule has 1 N–H and O–H groups in total. The number of piperidine rings is 1. The quantitative estimate of drug-likeness (QED) is 0.792. The number of aliphatic hydroxyl groups excluding tert-OH is 1. The Morgan fingerprint density at radius 2 is 2.04 bits per heavy atom. The molecule has 138 valence electrons. The summed E-state index contributed by atoms with van der Waals surface area (Å²) >= 11 is 0. The van der Waals surface area contributed by atoms with Crippen molar-refractivity contribution in [3.8, 4) is 0 Å². The predicted molar refractivity (Wildman–Crippen MR) is 96.0 cm³/mol. The second kappa shape index (κ2) is 6.87. The van der Waals surface area contributed by atoms with Crippen molar-refractivity contribution in [3.63, 3.8) is 0 Å². The lowest BCUT2D eigenvalue weighted by Crippen LogP contribution is -2.42.